The molecule has 0 aliphatic heterocycles. The molecule has 0 fully saturated rings. The van der Waals surface area contributed by atoms with Gasteiger partial charge in [-0.05, 0) is 23.7 Å². The molecule has 0 aliphatic carbocycles. The van der Waals surface area contributed by atoms with E-state index in [0.29, 0.717) is 9.99 Å². The van der Waals surface area contributed by atoms with E-state index >= 15 is 0 Å². The normalized spacial score (nSPS) is 11.9. The van der Waals surface area contributed by atoms with Crippen LogP contribution in [0.4, 0.5) is 0 Å². The van der Waals surface area contributed by atoms with E-state index in [4.69, 9.17) is 4.74 Å². The minimum atomic E-state index is -0.298. The summed E-state index contributed by atoms with van der Waals surface area (Å²) in [6, 6.07) is 9.16. The molecular weight excluding hydrogens is 482 g/mol. The summed E-state index contributed by atoms with van der Waals surface area (Å²) in [5.41, 5.74) is 0.678. The number of rotatable bonds is 9. The molecular formula is C15H18I2O3. The summed E-state index contributed by atoms with van der Waals surface area (Å²) in [6.45, 7) is 0. The fraction of sp³-hybridized carbons (Fsp3) is 0.467. The van der Waals surface area contributed by atoms with Crippen molar-refractivity contribution < 1.29 is 14.3 Å². The van der Waals surface area contributed by atoms with Gasteiger partial charge in [-0.2, -0.15) is 0 Å². The van der Waals surface area contributed by atoms with Crippen molar-refractivity contribution in [3.05, 3.63) is 35.9 Å². The van der Waals surface area contributed by atoms with Crippen LogP contribution in [0.2, 0.25) is 0 Å². The van der Waals surface area contributed by atoms with Gasteiger partial charge in [0.1, 0.15) is 6.10 Å². The molecule has 5 heteroatoms. The Morgan fingerprint density at radius 1 is 1.10 bits per heavy atom. The van der Waals surface area contributed by atoms with Crippen LogP contribution in [0.25, 0.3) is 0 Å². The highest BCUT2D eigenvalue weighted by atomic mass is 127. The zero-order valence-electron chi connectivity index (χ0n) is 11.2. The fourth-order valence-electron chi connectivity index (χ4n) is 1.84. The van der Waals surface area contributed by atoms with Crippen molar-refractivity contribution in [2.45, 2.75) is 31.8 Å². The first kappa shape index (κ1) is 17.9. The molecule has 0 bridgehead atoms. The fourth-order valence-corrected chi connectivity index (χ4v) is 2.55. The molecule has 110 valence electrons. The van der Waals surface area contributed by atoms with E-state index in [1.54, 1.807) is 12.1 Å². The second kappa shape index (κ2) is 10.5. The molecule has 20 heavy (non-hydrogen) atoms. The zero-order valence-corrected chi connectivity index (χ0v) is 15.5. The highest BCUT2D eigenvalue weighted by Gasteiger charge is 2.18. The first-order chi connectivity index (χ1) is 9.67. The number of carbonyl (C=O) groups excluding carboxylic acids is 2. The maximum atomic E-state index is 12.2. The van der Waals surface area contributed by atoms with Crippen molar-refractivity contribution in [1.82, 2.24) is 0 Å². The van der Waals surface area contributed by atoms with E-state index in [2.05, 4.69) is 22.6 Å². The summed E-state index contributed by atoms with van der Waals surface area (Å²) in [4.78, 5) is 23.6. The summed E-state index contributed by atoms with van der Waals surface area (Å²) < 4.78 is 6.77. The van der Waals surface area contributed by atoms with Crippen LogP contribution in [0.5, 0.6) is 0 Å². The van der Waals surface area contributed by atoms with E-state index in [1.807, 2.05) is 40.8 Å². The van der Waals surface area contributed by atoms with Gasteiger partial charge in [0.15, 0.2) is 5.78 Å². The number of unbranched alkanes of at least 4 members (excludes halogenated alkanes) is 1. The molecule has 0 amide bonds. The third-order valence-electron chi connectivity index (χ3n) is 2.83. The lowest BCUT2D eigenvalue weighted by molar-refractivity contribution is -0.145. The molecule has 1 unspecified atom stereocenters. The summed E-state index contributed by atoms with van der Waals surface area (Å²) in [5.74, 6) is -0.211. The van der Waals surface area contributed by atoms with Crippen LogP contribution in [0.3, 0.4) is 0 Å². The number of alkyl halides is 2. The number of hydrogen-bond acceptors (Lipinski definition) is 3. The Kier molecular flexibility index (Phi) is 9.41. The minimum Gasteiger partial charge on any atom is -0.461 e. The van der Waals surface area contributed by atoms with Crippen molar-refractivity contribution in [1.29, 1.82) is 0 Å². The summed E-state index contributed by atoms with van der Waals surface area (Å²) in [6.07, 6.45) is 2.79. The molecule has 3 nitrogen and oxygen atoms in total. The van der Waals surface area contributed by atoms with Crippen molar-refractivity contribution in [2.24, 2.45) is 0 Å². The molecule has 1 aromatic carbocycles. The second-order valence-electron chi connectivity index (χ2n) is 4.42. The lowest BCUT2D eigenvalue weighted by Crippen LogP contribution is -2.22. The van der Waals surface area contributed by atoms with Crippen LogP contribution < -0.4 is 0 Å². The summed E-state index contributed by atoms with van der Waals surface area (Å²) in [5, 5.41) is 0. The topological polar surface area (TPSA) is 43.4 Å². The highest BCUT2D eigenvalue weighted by Crippen LogP contribution is 2.14. The van der Waals surface area contributed by atoms with Gasteiger partial charge in [0.25, 0.3) is 0 Å². The highest BCUT2D eigenvalue weighted by molar-refractivity contribution is 14.1. The summed E-state index contributed by atoms with van der Waals surface area (Å²) >= 11 is 4.30. The van der Waals surface area contributed by atoms with E-state index in [-0.39, 0.29) is 24.3 Å². The quantitative estimate of drug-likeness (QED) is 0.168. The van der Waals surface area contributed by atoms with Gasteiger partial charge in [0.05, 0.1) is 4.43 Å². The number of Topliss-reactive ketones (excluding diaryl/α,β-unsaturated/α-hetero) is 1. The molecule has 0 radical (unpaired) electrons. The lowest BCUT2D eigenvalue weighted by atomic mass is 10.0. The Labute approximate surface area is 147 Å². The van der Waals surface area contributed by atoms with Crippen molar-refractivity contribution in [2.75, 3.05) is 8.86 Å². The van der Waals surface area contributed by atoms with Gasteiger partial charge in [-0.15, -0.1) is 0 Å². The van der Waals surface area contributed by atoms with Gasteiger partial charge < -0.3 is 4.74 Å². The number of esters is 1. The molecule has 1 aromatic rings. The van der Waals surface area contributed by atoms with Crippen LogP contribution in [-0.2, 0) is 9.53 Å². The molecule has 0 N–H and O–H groups in total. The Hall–Kier alpha value is -0.180. The average Bonchev–Trinajstić information content (AvgIpc) is 2.48. The Morgan fingerprint density at radius 3 is 2.40 bits per heavy atom. The van der Waals surface area contributed by atoms with Gasteiger partial charge in [0, 0.05) is 12.0 Å². The third kappa shape index (κ3) is 7.01. The predicted molar refractivity (Wildman–Crippen MR) is 96.9 cm³/mol. The van der Waals surface area contributed by atoms with Crippen LogP contribution in [0, 0.1) is 0 Å². The molecule has 0 saturated heterocycles. The number of ether oxygens (including phenoxy) is 1. The van der Waals surface area contributed by atoms with Crippen LogP contribution >= 0.6 is 45.2 Å². The number of carbonyl (C=O) groups is 2. The van der Waals surface area contributed by atoms with Crippen molar-refractivity contribution in [3.63, 3.8) is 0 Å². The van der Waals surface area contributed by atoms with Crippen LogP contribution in [0.15, 0.2) is 30.3 Å². The molecule has 0 spiro atoms. The molecule has 0 heterocycles. The monoisotopic (exact) mass is 500 g/mol. The number of ketones is 1. The van der Waals surface area contributed by atoms with Gasteiger partial charge in [0.2, 0.25) is 0 Å². The first-order valence-electron chi connectivity index (χ1n) is 6.57. The van der Waals surface area contributed by atoms with Crippen molar-refractivity contribution in [3.8, 4) is 0 Å². The number of hydrogen-bond donors (Lipinski definition) is 0. The van der Waals surface area contributed by atoms with Crippen LogP contribution in [0.1, 0.15) is 36.0 Å². The maximum absolute atomic E-state index is 12.2. The molecule has 0 aliphatic rings. The summed E-state index contributed by atoms with van der Waals surface area (Å²) in [7, 11) is 0. The SMILES string of the molecule is O=C(CI)OC(CCCCI)CC(=O)c1ccccc1. The van der Waals surface area contributed by atoms with Gasteiger partial charge in [-0.3, -0.25) is 9.59 Å². The van der Waals surface area contributed by atoms with E-state index in [9.17, 15) is 9.59 Å². The second-order valence-corrected chi connectivity index (χ2v) is 6.27. The average molecular weight is 500 g/mol. The van der Waals surface area contributed by atoms with Crippen molar-refractivity contribution >= 4 is 56.9 Å². The van der Waals surface area contributed by atoms with Crippen LogP contribution in [-0.4, -0.2) is 26.7 Å². The lowest BCUT2D eigenvalue weighted by Gasteiger charge is -2.16. The van der Waals surface area contributed by atoms with E-state index in [0.717, 1.165) is 23.7 Å². The Bertz CT molecular complexity index is 420. The molecule has 0 saturated carbocycles. The van der Waals surface area contributed by atoms with Gasteiger partial charge in [-0.1, -0.05) is 75.5 Å². The zero-order chi connectivity index (χ0) is 14.8. The number of benzene rings is 1. The molecule has 1 rings (SSSR count). The smallest absolute Gasteiger partial charge is 0.316 e. The first-order valence-corrected chi connectivity index (χ1v) is 9.62. The third-order valence-corrected chi connectivity index (χ3v) is 4.21. The predicted octanol–water partition coefficient (Wildman–Crippen LogP) is 4.21. The largest absolute Gasteiger partial charge is 0.461 e. The van der Waals surface area contributed by atoms with Gasteiger partial charge in [-0.25, -0.2) is 0 Å². The van der Waals surface area contributed by atoms with E-state index < -0.39 is 0 Å². The van der Waals surface area contributed by atoms with Gasteiger partial charge >= 0.3 is 5.97 Å². The minimum absolute atomic E-state index is 0.0336. The maximum Gasteiger partial charge on any atom is 0.316 e. The standard InChI is InChI=1S/C15H18I2O3/c16-9-5-4-8-13(20-15(19)11-17)10-14(18)12-6-2-1-3-7-12/h1-3,6-7,13H,4-5,8-11H2. The Morgan fingerprint density at radius 2 is 1.80 bits per heavy atom. The number of halogens is 2. The Balaban J connectivity index is 2.58. The van der Waals surface area contributed by atoms with E-state index in [1.165, 1.54) is 0 Å². The molecule has 1 atom stereocenters. The molecule has 0 aromatic heterocycles.